The SMILES string of the molecule is C#CCCC(=O)COCC(COCC(=O)CCC#C)(COCC(=O)NCC#C)CC(=O)COCCOCC.CCOCCOCC(=O)CC(COCC(=O)O)(COCC(=O)O)COCC(=O)O. The molecule has 378 valence electrons. The van der Waals surface area contributed by atoms with Gasteiger partial charge in [0.15, 0.2) is 23.1 Å². The number of ether oxygens (including phenoxy) is 10. The second-order valence-corrected chi connectivity index (χ2v) is 14.5. The maximum Gasteiger partial charge on any atom is 0.329 e. The van der Waals surface area contributed by atoms with Crippen LogP contribution in [0.5, 0.6) is 0 Å². The summed E-state index contributed by atoms with van der Waals surface area (Å²) in [6.45, 7) is 1.17. The Morgan fingerprint density at radius 3 is 1.06 bits per heavy atom. The number of nitrogens with one attached hydrogen (secondary N) is 1. The second kappa shape index (κ2) is 42.2. The average Bonchev–Trinajstić information content (AvgIpc) is 3.26. The molecular weight excluding hydrogens is 890 g/mol. The number of carbonyl (C=O) groups is 8. The highest BCUT2D eigenvalue weighted by atomic mass is 16.5. The molecule has 0 heterocycles. The Morgan fingerprint density at radius 1 is 0.433 bits per heavy atom. The molecule has 0 saturated heterocycles. The van der Waals surface area contributed by atoms with E-state index in [1.165, 1.54) is 0 Å². The zero-order valence-electron chi connectivity index (χ0n) is 38.5. The van der Waals surface area contributed by atoms with Crippen molar-refractivity contribution in [2.24, 2.45) is 10.8 Å². The number of aliphatic carboxylic acids is 3. The van der Waals surface area contributed by atoms with Crippen LogP contribution in [0.3, 0.4) is 0 Å². The zero-order chi connectivity index (χ0) is 50.6. The van der Waals surface area contributed by atoms with E-state index in [0.717, 1.165) is 0 Å². The topological polar surface area (TPSA) is 302 Å². The van der Waals surface area contributed by atoms with Crippen molar-refractivity contribution in [3.63, 3.8) is 0 Å². The fourth-order valence-electron chi connectivity index (χ4n) is 5.35. The van der Waals surface area contributed by atoms with E-state index < -0.39 is 60.2 Å². The van der Waals surface area contributed by atoms with Crippen LogP contribution in [0.25, 0.3) is 0 Å². The standard InChI is InChI=1S/C28H39NO9.C17H28O12/c1-5-9-11-24(30)17-36-21-28(22-37-18-25(31)12-10-6-2,23-38-20-27(33)29-13-7-3)16-26(32)19-35-15-14-34-8-4;1-2-25-3-4-26-6-13(18)5-17(10-27-7-14(19)20,11-28-8-15(21)22)12-29-9-16(23)24/h1-3H,8-23H2,4H3,(H,29,33);2-12H2,1H3,(H,19,20)(H,21,22)(H,23,24). The molecule has 0 aliphatic heterocycles. The van der Waals surface area contributed by atoms with Gasteiger partial charge in [0.05, 0.1) is 72.6 Å². The van der Waals surface area contributed by atoms with Gasteiger partial charge in [-0.05, 0) is 13.8 Å². The molecule has 0 fully saturated rings. The zero-order valence-corrected chi connectivity index (χ0v) is 38.5. The van der Waals surface area contributed by atoms with Crippen molar-refractivity contribution in [2.45, 2.75) is 52.4 Å². The molecule has 0 rings (SSSR count). The van der Waals surface area contributed by atoms with E-state index in [1.807, 2.05) is 13.8 Å². The molecule has 0 aromatic carbocycles. The number of carboxylic acid groups (broad SMARTS) is 3. The Bertz CT molecular complexity index is 1450. The molecule has 0 aromatic rings. The summed E-state index contributed by atoms with van der Waals surface area (Å²) < 4.78 is 52.9. The van der Waals surface area contributed by atoms with Crippen molar-refractivity contribution in [3.05, 3.63) is 0 Å². The third-order valence-electron chi connectivity index (χ3n) is 8.19. The first-order chi connectivity index (χ1) is 32.0. The Labute approximate surface area is 391 Å². The highest BCUT2D eigenvalue weighted by Crippen LogP contribution is 2.27. The molecule has 0 radical (unpaired) electrons. The number of rotatable bonds is 45. The Balaban J connectivity index is 0. The van der Waals surface area contributed by atoms with E-state index in [-0.39, 0.29) is 148 Å². The molecule has 0 spiro atoms. The number of hydrogen-bond acceptors (Lipinski definition) is 18. The number of Topliss-reactive ketones (excluding diaryl/α,β-unsaturated/α-hetero) is 4. The lowest BCUT2D eigenvalue weighted by molar-refractivity contribution is -0.153. The first-order valence-corrected chi connectivity index (χ1v) is 21.1. The molecule has 1 amide bonds. The Hall–Kier alpha value is -5.16. The summed E-state index contributed by atoms with van der Waals surface area (Å²) in [5.41, 5.74) is -2.41. The number of terminal acetylenes is 3. The lowest BCUT2D eigenvalue weighted by Gasteiger charge is -2.32. The monoisotopic (exact) mass is 957 g/mol. The van der Waals surface area contributed by atoms with Crippen molar-refractivity contribution in [1.82, 2.24) is 5.32 Å². The van der Waals surface area contributed by atoms with Gasteiger partial charge in [0.25, 0.3) is 0 Å². The van der Waals surface area contributed by atoms with Crippen LogP contribution in [-0.4, -0.2) is 201 Å². The van der Waals surface area contributed by atoms with E-state index in [1.54, 1.807) is 0 Å². The molecule has 4 N–H and O–H groups in total. The molecular formula is C45H67NO21. The minimum absolute atomic E-state index is 0.0384. The number of carboxylic acids is 3. The van der Waals surface area contributed by atoms with Gasteiger partial charge in [-0.3, -0.25) is 24.0 Å². The van der Waals surface area contributed by atoms with Crippen molar-refractivity contribution in [1.29, 1.82) is 0 Å². The predicted octanol–water partition coefficient (Wildman–Crippen LogP) is 0.0380. The highest BCUT2D eigenvalue weighted by Gasteiger charge is 2.36. The smallest absolute Gasteiger partial charge is 0.329 e. The molecule has 0 saturated carbocycles. The van der Waals surface area contributed by atoms with E-state index in [4.69, 9.17) is 82.0 Å². The van der Waals surface area contributed by atoms with Gasteiger partial charge in [0.1, 0.15) is 52.9 Å². The fourth-order valence-corrected chi connectivity index (χ4v) is 5.35. The summed E-state index contributed by atoms with van der Waals surface area (Å²) in [6, 6.07) is 0. The summed E-state index contributed by atoms with van der Waals surface area (Å²) >= 11 is 0. The third kappa shape index (κ3) is 39.7. The van der Waals surface area contributed by atoms with Gasteiger partial charge in [-0.15, -0.1) is 31.1 Å². The second-order valence-electron chi connectivity index (χ2n) is 14.5. The minimum atomic E-state index is -1.29. The van der Waals surface area contributed by atoms with Gasteiger partial charge in [0.2, 0.25) is 5.91 Å². The summed E-state index contributed by atoms with van der Waals surface area (Å²) in [7, 11) is 0. The summed E-state index contributed by atoms with van der Waals surface area (Å²) in [4.78, 5) is 93.2. The van der Waals surface area contributed by atoms with Crippen molar-refractivity contribution in [2.75, 3.05) is 139 Å². The van der Waals surface area contributed by atoms with Crippen LogP contribution in [0.1, 0.15) is 52.4 Å². The normalized spacial score (nSPS) is 11.0. The number of amides is 1. The van der Waals surface area contributed by atoms with Crippen LogP contribution >= 0.6 is 0 Å². The molecule has 0 bridgehead atoms. The molecule has 0 unspecified atom stereocenters. The predicted molar refractivity (Wildman–Crippen MR) is 235 cm³/mol. The van der Waals surface area contributed by atoms with E-state index >= 15 is 0 Å². The average molecular weight is 958 g/mol. The van der Waals surface area contributed by atoms with Crippen LogP contribution in [0.4, 0.5) is 0 Å². The van der Waals surface area contributed by atoms with E-state index in [0.29, 0.717) is 26.4 Å². The lowest BCUT2D eigenvalue weighted by atomic mass is 9.85. The first-order valence-electron chi connectivity index (χ1n) is 21.1. The van der Waals surface area contributed by atoms with Crippen LogP contribution in [0, 0.1) is 47.9 Å². The number of ketones is 4. The van der Waals surface area contributed by atoms with Gasteiger partial charge >= 0.3 is 17.9 Å². The number of hydrogen-bond donors (Lipinski definition) is 4. The first kappa shape index (κ1) is 63.9. The molecule has 0 atom stereocenters. The largest absolute Gasteiger partial charge is 0.480 e. The van der Waals surface area contributed by atoms with Crippen LogP contribution in [0.15, 0.2) is 0 Å². The van der Waals surface area contributed by atoms with Gasteiger partial charge in [-0.1, -0.05) is 5.92 Å². The molecule has 22 heteroatoms. The molecule has 0 aliphatic carbocycles. The maximum atomic E-state index is 12.8. The van der Waals surface area contributed by atoms with Crippen molar-refractivity contribution >= 4 is 46.9 Å². The van der Waals surface area contributed by atoms with E-state index in [2.05, 4.69) is 23.1 Å². The van der Waals surface area contributed by atoms with Gasteiger partial charge in [-0.25, -0.2) is 14.4 Å². The van der Waals surface area contributed by atoms with E-state index in [9.17, 15) is 38.4 Å². The Kier molecular flexibility index (Phi) is 40.3. The van der Waals surface area contributed by atoms with Crippen LogP contribution in [0.2, 0.25) is 0 Å². The molecule has 0 aromatic heterocycles. The molecule has 22 nitrogen and oxygen atoms in total. The van der Waals surface area contributed by atoms with Crippen LogP contribution < -0.4 is 5.32 Å². The lowest BCUT2D eigenvalue weighted by Crippen LogP contribution is -2.42. The fraction of sp³-hybridized carbons (Fsp3) is 0.689. The molecule has 67 heavy (non-hydrogen) atoms. The summed E-state index contributed by atoms with van der Waals surface area (Å²) in [5, 5.41) is 28.7. The summed E-state index contributed by atoms with van der Waals surface area (Å²) in [5.74, 6) is 1.78. The van der Waals surface area contributed by atoms with Gasteiger partial charge < -0.3 is 68.0 Å². The quantitative estimate of drug-likeness (QED) is 0.0463. The van der Waals surface area contributed by atoms with Crippen LogP contribution in [-0.2, 0) is 85.7 Å². The van der Waals surface area contributed by atoms with Gasteiger partial charge in [-0.2, -0.15) is 0 Å². The third-order valence-corrected chi connectivity index (χ3v) is 8.19. The van der Waals surface area contributed by atoms with Gasteiger partial charge in [0, 0.05) is 62.6 Å². The Morgan fingerprint density at radius 2 is 0.746 bits per heavy atom. The number of carbonyl (C=O) groups excluding carboxylic acids is 5. The minimum Gasteiger partial charge on any atom is -0.480 e. The van der Waals surface area contributed by atoms with Crippen molar-refractivity contribution in [3.8, 4) is 37.0 Å². The summed E-state index contributed by atoms with van der Waals surface area (Å²) in [6.07, 6.45) is 16.0. The maximum absolute atomic E-state index is 12.8. The highest BCUT2D eigenvalue weighted by molar-refractivity contribution is 5.82. The van der Waals surface area contributed by atoms with Crippen molar-refractivity contribution < 1.29 is 101 Å². The molecule has 0 aliphatic rings.